The third kappa shape index (κ3) is 5.23. The number of nitrogens with zero attached hydrogens (tertiary/aromatic N) is 2. The minimum Gasteiger partial charge on any atom is -0.490 e. The van der Waals surface area contributed by atoms with E-state index in [4.69, 9.17) is 9.47 Å². The van der Waals surface area contributed by atoms with Gasteiger partial charge in [0.05, 0.1) is 23.4 Å². The summed E-state index contributed by atoms with van der Waals surface area (Å²) in [6.07, 6.45) is 3.38. The lowest BCUT2D eigenvalue weighted by Crippen LogP contribution is -2.21. The van der Waals surface area contributed by atoms with E-state index in [0.717, 1.165) is 5.56 Å². The molecule has 0 bridgehead atoms. The molecule has 3 aromatic rings. The first kappa shape index (κ1) is 24.9. The fourth-order valence-corrected chi connectivity index (χ4v) is 4.08. The van der Waals surface area contributed by atoms with E-state index in [0.29, 0.717) is 51.7 Å². The number of benzene rings is 3. The number of halogens is 1. The number of aromatic carboxylic acids is 1. The Balaban J connectivity index is 1.82. The molecule has 182 valence electrons. The van der Waals surface area contributed by atoms with Crippen molar-refractivity contribution in [2.45, 2.75) is 6.92 Å². The number of carbonyl (C=O) groups excluding carboxylic acids is 1. The van der Waals surface area contributed by atoms with E-state index in [-0.39, 0.29) is 11.5 Å². The van der Waals surface area contributed by atoms with Crippen molar-refractivity contribution >= 4 is 45.3 Å². The van der Waals surface area contributed by atoms with Crippen LogP contribution in [0.5, 0.6) is 11.5 Å². The Bertz CT molecular complexity index is 1380. The number of anilines is 1. The molecule has 0 aliphatic carbocycles. The third-order valence-electron chi connectivity index (χ3n) is 5.28. The quantitative estimate of drug-likeness (QED) is 0.265. The number of rotatable bonds is 9. The highest BCUT2D eigenvalue weighted by atomic mass is 79.9. The molecule has 0 saturated carbocycles. The molecule has 0 unspecified atom stereocenters. The van der Waals surface area contributed by atoms with Crippen LogP contribution in [-0.4, -0.2) is 35.9 Å². The molecule has 36 heavy (non-hydrogen) atoms. The predicted molar refractivity (Wildman–Crippen MR) is 143 cm³/mol. The second-order valence-corrected chi connectivity index (χ2v) is 8.55. The summed E-state index contributed by atoms with van der Waals surface area (Å²) < 4.78 is 12.2. The Morgan fingerprint density at radius 2 is 1.83 bits per heavy atom. The van der Waals surface area contributed by atoms with E-state index >= 15 is 0 Å². The number of carboxylic acid groups (broad SMARTS) is 1. The van der Waals surface area contributed by atoms with Gasteiger partial charge < -0.3 is 14.6 Å². The zero-order chi connectivity index (χ0) is 25.7. The Kier molecular flexibility index (Phi) is 7.65. The van der Waals surface area contributed by atoms with E-state index < -0.39 is 5.97 Å². The van der Waals surface area contributed by atoms with Gasteiger partial charge in [-0.25, -0.2) is 4.79 Å². The number of hydrazone groups is 1. The van der Waals surface area contributed by atoms with Crippen molar-refractivity contribution in [3.8, 4) is 11.5 Å². The van der Waals surface area contributed by atoms with Crippen LogP contribution < -0.4 is 14.5 Å². The molecule has 4 rings (SSSR count). The predicted octanol–water partition coefficient (Wildman–Crippen LogP) is 5.95. The third-order valence-corrected chi connectivity index (χ3v) is 5.97. The van der Waals surface area contributed by atoms with Crippen LogP contribution in [0.1, 0.15) is 28.4 Å². The molecule has 1 heterocycles. The first-order chi connectivity index (χ1) is 17.4. The Morgan fingerprint density at radius 3 is 2.53 bits per heavy atom. The van der Waals surface area contributed by atoms with E-state index in [1.54, 1.807) is 36.4 Å². The molecule has 1 aliphatic heterocycles. The normalized spacial score (nSPS) is 14.1. The summed E-state index contributed by atoms with van der Waals surface area (Å²) in [5, 5.41) is 15.2. The van der Waals surface area contributed by atoms with Crippen molar-refractivity contribution in [1.82, 2.24) is 0 Å². The van der Waals surface area contributed by atoms with Gasteiger partial charge >= 0.3 is 5.97 Å². The molecular weight excluding hydrogens is 524 g/mol. The van der Waals surface area contributed by atoms with E-state index in [1.165, 1.54) is 17.1 Å². The van der Waals surface area contributed by atoms with E-state index in [2.05, 4.69) is 27.6 Å². The highest BCUT2D eigenvalue weighted by Gasteiger charge is 2.32. The first-order valence-corrected chi connectivity index (χ1v) is 12.0. The summed E-state index contributed by atoms with van der Waals surface area (Å²) >= 11 is 3.58. The summed E-state index contributed by atoms with van der Waals surface area (Å²) in [7, 11) is 0. The van der Waals surface area contributed by atoms with Gasteiger partial charge in [0.25, 0.3) is 5.91 Å². The maximum atomic E-state index is 13.6. The fourth-order valence-electron chi connectivity index (χ4n) is 3.65. The van der Waals surface area contributed by atoms with Crippen LogP contribution in [0.4, 0.5) is 5.69 Å². The van der Waals surface area contributed by atoms with Crippen molar-refractivity contribution < 1.29 is 24.2 Å². The molecule has 0 spiro atoms. The number of carboxylic acids is 1. The molecule has 0 radical (unpaired) electrons. The maximum absolute atomic E-state index is 13.6. The molecule has 0 saturated heterocycles. The molecule has 3 aromatic carbocycles. The Labute approximate surface area is 217 Å². The van der Waals surface area contributed by atoms with Crippen molar-refractivity contribution in [3.05, 3.63) is 106 Å². The highest BCUT2D eigenvalue weighted by Crippen LogP contribution is 2.36. The number of hydrogen-bond acceptors (Lipinski definition) is 5. The topological polar surface area (TPSA) is 88.4 Å². The molecule has 7 nitrogen and oxygen atoms in total. The van der Waals surface area contributed by atoms with Gasteiger partial charge in [-0.05, 0) is 48.9 Å². The number of ether oxygens (including phenoxy) is 2. The van der Waals surface area contributed by atoms with Gasteiger partial charge in [0.15, 0.2) is 11.5 Å². The average molecular weight is 547 g/mol. The maximum Gasteiger partial charge on any atom is 0.335 e. The molecule has 8 heteroatoms. The lowest BCUT2D eigenvalue weighted by atomic mass is 10.00. The molecule has 1 amide bonds. The minimum atomic E-state index is -1.09. The molecule has 1 aliphatic rings. The minimum absolute atomic E-state index is 0.0633. The highest BCUT2D eigenvalue weighted by molar-refractivity contribution is 9.10. The molecule has 0 atom stereocenters. The fraction of sp³-hybridized carbons (Fsp3) is 0.107. The standard InChI is InChI=1S/C28H23BrN2O5/c1-3-13-36-25-17-23(29)20(16-24(25)35-4-2)15-22-26(18-9-6-5-7-10-18)30-31(27(22)32)21-12-8-11-19(14-21)28(33)34/h3,5-12,14-17H,1,4,13H2,2H3,(H,33,34)/b22-15-. The van der Waals surface area contributed by atoms with E-state index in [9.17, 15) is 14.7 Å². The van der Waals surface area contributed by atoms with Gasteiger partial charge in [0.1, 0.15) is 12.3 Å². The van der Waals surface area contributed by atoms with Gasteiger partial charge in [-0.3, -0.25) is 4.79 Å². The molecular formula is C28H23BrN2O5. The first-order valence-electron chi connectivity index (χ1n) is 11.2. The van der Waals surface area contributed by atoms with Crippen LogP contribution in [-0.2, 0) is 4.79 Å². The van der Waals surface area contributed by atoms with Crippen LogP contribution >= 0.6 is 15.9 Å². The van der Waals surface area contributed by atoms with Crippen LogP contribution in [0.15, 0.2) is 94.5 Å². The lowest BCUT2D eigenvalue weighted by molar-refractivity contribution is -0.114. The summed E-state index contributed by atoms with van der Waals surface area (Å²) in [6, 6.07) is 19.0. The van der Waals surface area contributed by atoms with Crippen LogP contribution in [0.3, 0.4) is 0 Å². The molecule has 0 aromatic heterocycles. The average Bonchev–Trinajstić information content (AvgIpc) is 3.21. The van der Waals surface area contributed by atoms with Gasteiger partial charge in [0.2, 0.25) is 0 Å². The smallest absolute Gasteiger partial charge is 0.335 e. The Morgan fingerprint density at radius 1 is 1.08 bits per heavy atom. The largest absolute Gasteiger partial charge is 0.490 e. The molecule has 1 N–H and O–H groups in total. The SMILES string of the molecule is C=CCOc1cc(Br)c(/C=C2\C(=O)N(c3cccc(C(=O)O)c3)N=C2c2ccccc2)cc1OCC. The second-order valence-electron chi connectivity index (χ2n) is 7.70. The zero-order valence-electron chi connectivity index (χ0n) is 19.5. The van der Waals surface area contributed by atoms with Gasteiger partial charge in [-0.1, -0.05) is 65.0 Å². The monoisotopic (exact) mass is 546 g/mol. The lowest BCUT2D eigenvalue weighted by Gasteiger charge is -2.14. The Hall–Kier alpha value is -4.17. The van der Waals surface area contributed by atoms with Crippen LogP contribution in [0.25, 0.3) is 6.08 Å². The van der Waals surface area contributed by atoms with Crippen molar-refractivity contribution in [2.24, 2.45) is 5.10 Å². The van der Waals surface area contributed by atoms with Crippen molar-refractivity contribution in [2.75, 3.05) is 18.2 Å². The van der Waals surface area contributed by atoms with Gasteiger partial charge in [-0.15, -0.1) is 0 Å². The summed E-state index contributed by atoms with van der Waals surface area (Å²) in [5.41, 5.74) is 2.69. The van der Waals surface area contributed by atoms with Gasteiger partial charge in [0, 0.05) is 10.0 Å². The number of amides is 1. The van der Waals surface area contributed by atoms with E-state index in [1.807, 2.05) is 37.3 Å². The molecule has 0 fully saturated rings. The van der Waals surface area contributed by atoms with Gasteiger partial charge in [-0.2, -0.15) is 10.1 Å². The second kappa shape index (κ2) is 11.0. The summed E-state index contributed by atoms with van der Waals surface area (Å²) in [6.45, 7) is 6.31. The number of hydrogen-bond donors (Lipinski definition) is 1. The number of carbonyl (C=O) groups is 2. The van der Waals surface area contributed by atoms with Crippen molar-refractivity contribution in [1.29, 1.82) is 0 Å². The summed E-state index contributed by atoms with van der Waals surface area (Å²) in [4.78, 5) is 25.1. The summed E-state index contributed by atoms with van der Waals surface area (Å²) in [5.74, 6) is -0.387. The van der Waals surface area contributed by atoms with Crippen LogP contribution in [0, 0.1) is 0 Å². The van der Waals surface area contributed by atoms with Crippen LogP contribution in [0.2, 0.25) is 0 Å². The zero-order valence-corrected chi connectivity index (χ0v) is 21.1. The van der Waals surface area contributed by atoms with Crippen molar-refractivity contribution in [3.63, 3.8) is 0 Å².